The van der Waals surface area contributed by atoms with E-state index in [1.807, 2.05) is 23.9 Å². The van der Waals surface area contributed by atoms with E-state index in [2.05, 4.69) is 11.9 Å². The number of nitrogens with zero attached hydrogens (tertiary/aromatic N) is 3. The number of hydrogen-bond acceptors (Lipinski definition) is 3. The van der Waals surface area contributed by atoms with Gasteiger partial charge in [0.1, 0.15) is 0 Å². The molecule has 0 aromatic carbocycles. The van der Waals surface area contributed by atoms with Gasteiger partial charge in [-0.1, -0.05) is 0 Å². The molecule has 2 atom stereocenters. The minimum atomic E-state index is 0.282. The second-order valence-electron chi connectivity index (χ2n) is 5.09. The van der Waals surface area contributed by atoms with Crippen LogP contribution in [0.25, 0.3) is 0 Å². The van der Waals surface area contributed by atoms with Crippen molar-refractivity contribution in [3.8, 4) is 0 Å². The van der Waals surface area contributed by atoms with E-state index in [-0.39, 0.29) is 5.91 Å². The molecule has 2 fully saturated rings. The van der Waals surface area contributed by atoms with Gasteiger partial charge in [-0.15, -0.1) is 0 Å². The summed E-state index contributed by atoms with van der Waals surface area (Å²) in [5, 5.41) is 0. The standard InChI is InChI=1S/C11H21N3O/c1-12(2)8-11(15)14-6-9-4-5-10(7-14)13(9)3/h9-10H,4-8H2,1-3H3. The number of hydrogen-bond donors (Lipinski definition) is 0. The molecular weight excluding hydrogens is 190 g/mol. The van der Waals surface area contributed by atoms with Crippen molar-refractivity contribution < 1.29 is 4.79 Å². The highest BCUT2D eigenvalue weighted by Gasteiger charge is 2.38. The number of amides is 1. The van der Waals surface area contributed by atoms with Gasteiger partial charge in [0.15, 0.2) is 0 Å². The van der Waals surface area contributed by atoms with Gasteiger partial charge in [-0.05, 0) is 34.0 Å². The van der Waals surface area contributed by atoms with Gasteiger partial charge in [-0.25, -0.2) is 0 Å². The second kappa shape index (κ2) is 4.10. The van der Waals surface area contributed by atoms with E-state index in [9.17, 15) is 4.79 Å². The fraction of sp³-hybridized carbons (Fsp3) is 0.909. The van der Waals surface area contributed by atoms with E-state index >= 15 is 0 Å². The molecule has 2 saturated heterocycles. The Bertz CT molecular complexity index is 240. The Morgan fingerprint density at radius 3 is 2.27 bits per heavy atom. The largest absolute Gasteiger partial charge is 0.338 e. The van der Waals surface area contributed by atoms with Crippen LogP contribution in [0.4, 0.5) is 0 Å². The summed E-state index contributed by atoms with van der Waals surface area (Å²) < 4.78 is 0. The SMILES string of the molecule is CN(C)CC(=O)N1CC2CCC(C1)N2C. The van der Waals surface area contributed by atoms with Crippen molar-refractivity contribution in [3.05, 3.63) is 0 Å². The maximum absolute atomic E-state index is 11.9. The lowest BCUT2D eigenvalue weighted by Gasteiger charge is -2.39. The summed E-state index contributed by atoms with van der Waals surface area (Å²) in [4.78, 5) is 18.3. The highest BCUT2D eigenvalue weighted by molar-refractivity contribution is 5.78. The number of carbonyl (C=O) groups is 1. The molecule has 4 nitrogen and oxygen atoms in total. The Hall–Kier alpha value is -0.610. The van der Waals surface area contributed by atoms with Gasteiger partial charge in [0.05, 0.1) is 6.54 Å². The Labute approximate surface area is 91.8 Å². The third-order valence-corrected chi connectivity index (χ3v) is 3.65. The van der Waals surface area contributed by atoms with Crippen molar-refractivity contribution in [2.24, 2.45) is 0 Å². The lowest BCUT2D eigenvalue weighted by Crippen LogP contribution is -2.55. The summed E-state index contributed by atoms with van der Waals surface area (Å²) in [6, 6.07) is 1.21. The Balaban J connectivity index is 1.94. The highest BCUT2D eigenvalue weighted by atomic mass is 16.2. The number of fused-ring (bicyclic) bond motifs is 2. The maximum atomic E-state index is 11.9. The topological polar surface area (TPSA) is 26.8 Å². The number of likely N-dealkylation sites (N-methyl/N-ethyl adjacent to an activating group) is 2. The molecule has 86 valence electrons. The molecule has 4 heteroatoms. The van der Waals surface area contributed by atoms with Gasteiger partial charge in [-0.2, -0.15) is 0 Å². The first-order chi connectivity index (χ1) is 7.08. The third kappa shape index (κ3) is 2.16. The quantitative estimate of drug-likeness (QED) is 0.636. The van der Waals surface area contributed by atoms with Crippen LogP contribution >= 0.6 is 0 Å². The van der Waals surface area contributed by atoms with Crippen molar-refractivity contribution in [1.29, 1.82) is 0 Å². The lowest BCUT2D eigenvalue weighted by atomic mass is 10.2. The molecule has 0 aromatic heterocycles. The van der Waals surface area contributed by atoms with Crippen LogP contribution in [0.3, 0.4) is 0 Å². The van der Waals surface area contributed by atoms with Gasteiger partial charge in [0, 0.05) is 25.2 Å². The molecule has 0 saturated carbocycles. The van der Waals surface area contributed by atoms with Crippen molar-refractivity contribution in [1.82, 2.24) is 14.7 Å². The van der Waals surface area contributed by atoms with E-state index in [1.54, 1.807) is 0 Å². The molecule has 2 aliphatic rings. The van der Waals surface area contributed by atoms with Gasteiger partial charge >= 0.3 is 0 Å². The monoisotopic (exact) mass is 211 g/mol. The van der Waals surface area contributed by atoms with Gasteiger partial charge < -0.3 is 9.80 Å². The molecular formula is C11H21N3O. The normalized spacial score (nSPS) is 31.3. The smallest absolute Gasteiger partial charge is 0.236 e. The van der Waals surface area contributed by atoms with Crippen LogP contribution in [0.5, 0.6) is 0 Å². The van der Waals surface area contributed by atoms with Crippen LogP contribution in [0.1, 0.15) is 12.8 Å². The highest BCUT2D eigenvalue weighted by Crippen LogP contribution is 2.28. The second-order valence-corrected chi connectivity index (χ2v) is 5.09. The van der Waals surface area contributed by atoms with Crippen LogP contribution in [-0.4, -0.2) is 73.5 Å². The summed E-state index contributed by atoms with van der Waals surface area (Å²) in [5.74, 6) is 0.282. The van der Waals surface area contributed by atoms with E-state index < -0.39 is 0 Å². The van der Waals surface area contributed by atoms with Crippen molar-refractivity contribution in [2.75, 3.05) is 40.8 Å². The summed E-state index contributed by atoms with van der Waals surface area (Å²) in [7, 11) is 6.08. The van der Waals surface area contributed by atoms with E-state index in [1.165, 1.54) is 12.8 Å². The van der Waals surface area contributed by atoms with Crippen LogP contribution in [0.15, 0.2) is 0 Å². The first kappa shape index (κ1) is 10.9. The van der Waals surface area contributed by atoms with E-state index in [0.717, 1.165) is 13.1 Å². The van der Waals surface area contributed by atoms with E-state index in [4.69, 9.17) is 0 Å². The molecule has 0 aromatic rings. The molecule has 1 amide bonds. The molecule has 0 N–H and O–H groups in total. The Morgan fingerprint density at radius 1 is 1.27 bits per heavy atom. The Kier molecular flexibility index (Phi) is 2.98. The van der Waals surface area contributed by atoms with Crippen molar-refractivity contribution in [3.63, 3.8) is 0 Å². The van der Waals surface area contributed by atoms with Crippen LogP contribution in [0, 0.1) is 0 Å². The lowest BCUT2D eigenvalue weighted by molar-refractivity contribution is -0.134. The first-order valence-electron chi connectivity index (χ1n) is 5.72. The predicted octanol–water partition coefficient (Wildman–Crippen LogP) is -0.147. The predicted molar refractivity (Wildman–Crippen MR) is 59.7 cm³/mol. The third-order valence-electron chi connectivity index (χ3n) is 3.65. The number of carbonyl (C=O) groups excluding carboxylic acids is 1. The zero-order valence-corrected chi connectivity index (χ0v) is 9.94. The summed E-state index contributed by atoms with van der Waals surface area (Å²) in [5.41, 5.74) is 0. The molecule has 2 rings (SSSR count). The van der Waals surface area contributed by atoms with Crippen molar-refractivity contribution >= 4 is 5.91 Å². The average Bonchev–Trinajstić information content (AvgIpc) is 2.38. The van der Waals surface area contributed by atoms with Crippen LogP contribution in [0.2, 0.25) is 0 Å². The molecule has 15 heavy (non-hydrogen) atoms. The van der Waals surface area contributed by atoms with Gasteiger partial charge in [0.2, 0.25) is 5.91 Å². The van der Waals surface area contributed by atoms with Crippen LogP contribution < -0.4 is 0 Å². The average molecular weight is 211 g/mol. The number of likely N-dealkylation sites (tertiary alicyclic amines) is 1. The Morgan fingerprint density at radius 2 is 1.80 bits per heavy atom. The van der Waals surface area contributed by atoms with Crippen LogP contribution in [-0.2, 0) is 4.79 Å². The van der Waals surface area contributed by atoms with E-state index in [0.29, 0.717) is 18.6 Å². The number of piperazine rings is 1. The molecule has 2 unspecified atom stereocenters. The fourth-order valence-corrected chi connectivity index (χ4v) is 2.69. The minimum Gasteiger partial charge on any atom is -0.338 e. The fourth-order valence-electron chi connectivity index (χ4n) is 2.69. The summed E-state index contributed by atoms with van der Waals surface area (Å²) in [6.45, 7) is 2.41. The molecule has 2 bridgehead atoms. The molecule has 2 heterocycles. The zero-order valence-electron chi connectivity index (χ0n) is 9.94. The summed E-state index contributed by atoms with van der Waals surface area (Å²) >= 11 is 0. The first-order valence-corrected chi connectivity index (χ1v) is 5.72. The number of rotatable bonds is 2. The molecule has 0 radical (unpaired) electrons. The minimum absolute atomic E-state index is 0.282. The molecule has 0 aliphatic carbocycles. The van der Waals surface area contributed by atoms with Crippen molar-refractivity contribution in [2.45, 2.75) is 24.9 Å². The molecule has 0 spiro atoms. The van der Waals surface area contributed by atoms with Gasteiger partial charge in [0.25, 0.3) is 0 Å². The summed E-state index contributed by atoms with van der Waals surface area (Å²) in [6.07, 6.45) is 2.51. The maximum Gasteiger partial charge on any atom is 0.236 e. The zero-order chi connectivity index (χ0) is 11.0. The van der Waals surface area contributed by atoms with Gasteiger partial charge in [-0.3, -0.25) is 9.69 Å². The molecule has 2 aliphatic heterocycles.